The molecule has 0 saturated carbocycles. The number of hydroxylamine groups is 2. The Labute approximate surface area is 220 Å². The number of carbonyl (C=O) groups excluding carboxylic acids is 1. The number of H-pyrrole nitrogens is 1. The summed E-state index contributed by atoms with van der Waals surface area (Å²) in [5, 5.41) is 13.2. The Balaban J connectivity index is 1.23. The number of aromatic amines is 1. The van der Waals surface area contributed by atoms with Crippen molar-refractivity contribution >= 4 is 28.0 Å². The van der Waals surface area contributed by atoms with Crippen LogP contribution in [0.5, 0.6) is 17.2 Å². The van der Waals surface area contributed by atoms with E-state index in [2.05, 4.69) is 16.0 Å². The molecule has 1 saturated heterocycles. The molecule has 0 bridgehead atoms. The summed E-state index contributed by atoms with van der Waals surface area (Å²) in [5.74, 6) is 2.07. The number of fused-ring (bicyclic) bond motifs is 2. The molecule has 2 aromatic carbocycles. The molecule has 196 valence electrons. The van der Waals surface area contributed by atoms with Crippen molar-refractivity contribution in [2.45, 2.75) is 39.2 Å². The number of carbonyl (C=O) groups is 1. The van der Waals surface area contributed by atoms with Crippen LogP contribution >= 0.6 is 0 Å². The molecular weight excluding hydrogens is 484 g/mol. The lowest BCUT2D eigenvalue weighted by Crippen LogP contribution is -2.38. The van der Waals surface area contributed by atoms with Crippen molar-refractivity contribution in [3.63, 3.8) is 0 Å². The SMILES string of the molecule is CC(C)(C)OC(=O)ON1CCC(COc2cc3nccc(Oc4ccc5[nH]ccc5c4)c3cc2C#N)CC1. The van der Waals surface area contributed by atoms with E-state index in [1.165, 1.54) is 0 Å². The number of nitrogens with one attached hydrogen (secondary N) is 1. The van der Waals surface area contributed by atoms with Crippen LogP contribution in [-0.2, 0) is 9.57 Å². The van der Waals surface area contributed by atoms with Crippen LogP contribution in [0, 0.1) is 17.2 Å². The number of hydrogen-bond acceptors (Lipinski definition) is 8. The van der Waals surface area contributed by atoms with Crippen molar-refractivity contribution in [2.75, 3.05) is 19.7 Å². The first-order valence-electron chi connectivity index (χ1n) is 12.6. The van der Waals surface area contributed by atoms with Crippen molar-refractivity contribution in [2.24, 2.45) is 5.92 Å². The molecule has 38 heavy (non-hydrogen) atoms. The van der Waals surface area contributed by atoms with Crippen LogP contribution < -0.4 is 9.47 Å². The molecule has 9 nitrogen and oxygen atoms in total. The van der Waals surface area contributed by atoms with Crippen molar-refractivity contribution in [3.05, 3.63) is 60.4 Å². The van der Waals surface area contributed by atoms with E-state index in [9.17, 15) is 10.1 Å². The molecule has 9 heteroatoms. The van der Waals surface area contributed by atoms with Crippen LogP contribution in [0.25, 0.3) is 21.8 Å². The summed E-state index contributed by atoms with van der Waals surface area (Å²) in [6.07, 6.45) is 4.46. The maximum absolute atomic E-state index is 11.9. The summed E-state index contributed by atoms with van der Waals surface area (Å²) >= 11 is 0. The second kappa shape index (κ2) is 10.6. The van der Waals surface area contributed by atoms with E-state index in [1.807, 2.05) is 30.5 Å². The highest BCUT2D eigenvalue weighted by Crippen LogP contribution is 2.34. The van der Waals surface area contributed by atoms with Gasteiger partial charge in [0.05, 0.1) is 17.7 Å². The summed E-state index contributed by atoms with van der Waals surface area (Å²) < 4.78 is 17.5. The zero-order valence-electron chi connectivity index (χ0n) is 21.7. The van der Waals surface area contributed by atoms with Crippen LogP contribution in [0.15, 0.2) is 54.9 Å². The predicted octanol–water partition coefficient (Wildman–Crippen LogP) is 6.34. The summed E-state index contributed by atoms with van der Waals surface area (Å²) in [6, 6.07) is 15.4. The second-order valence-electron chi connectivity index (χ2n) is 10.4. The van der Waals surface area contributed by atoms with Gasteiger partial charge in [0.15, 0.2) is 0 Å². The number of hydrogen-bond donors (Lipinski definition) is 1. The molecule has 3 heterocycles. The van der Waals surface area contributed by atoms with Crippen LogP contribution in [0.4, 0.5) is 4.79 Å². The molecule has 4 aromatic rings. The van der Waals surface area contributed by atoms with E-state index in [1.54, 1.807) is 50.2 Å². The third kappa shape index (κ3) is 5.98. The minimum atomic E-state index is -0.692. The molecule has 1 aliphatic rings. The average Bonchev–Trinajstić information content (AvgIpc) is 3.35. The van der Waals surface area contributed by atoms with Gasteiger partial charge in [-0.3, -0.25) is 4.98 Å². The summed E-state index contributed by atoms with van der Waals surface area (Å²) in [7, 11) is 0. The molecule has 0 radical (unpaired) electrons. The van der Waals surface area contributed by atoms with Crippen LogP contribution in [-0.4, -0.2) is 46.5 Å². The molecule has 5 rings (SSSR count). The first-order valence-corrected chi connectivity index (χ1v) is 12.6. The third-order valence-corrected chi connectivity index (χ3v) is 6.32. The zero-order valence-corrected chi connectivity index (χ0v) is 21.7. The lowest BCUT2D eigenvalue weighted by atomic mass is 9.99. The Bertz CT molecular complexity index is 1490. The minimum Gasteiger partial charge on any atom is -0.492 e. The second-order valence-corrected chi connectivity index (χ2v) is 10.4. The number of rotatable bonds is 6. The van der Waals surface area contributed by atoms with E-state index in [4.69, 9.17) is 19.0 Å². The molecule has 2 aromatic heterocycles. The fourth-order valence-corrected chi connectivity index (χ4v) is 4.41. The Morgan fingerprint density at radius 2 is 1.95 bits per heavy atom. The van der Waals surface area contributed by atoms with Crippen LogP contribution in [0.2, 0.25) is 0 Å². The van der Waals surface area contributed by atoms with Gasteiger partial charge in [-0.1, -0.05) is 0 Å². The van der Waals surface area contributed by atoms with Gasteiger partial charge in [-0.2, -0.15) is 5.26 Å². The summed E-state index contributed by atoms with van der Waals surface area (Å²) in [6.45, 7) is 7.03. The highest BCUT2D eigenvalue weighted by Gasteiger charge is 2.25. The van der Waals surface area contributed by atoms with Crippen molar-refractivity contribution < 1.29 is 23.8 Å². The molecule has 0 amide bonds. The fraction of sp³-hybridized carbons (Fsp3) is 0.345. The van der Waals surface area contributed by atoms with Gasteiger partial charge in [0.25, 0.3) is 0 Å². The molecule has 1 N–H and O–H groups in total. The lowest BCUT2D eigenvalue weighted by Gasteiger charge is -2.31. The van der Waals surface area contributed by atoms with Gasteiger partial charge < -0.3 is 24.0 Å². The average molecular weight is 515 g/mol. The predicted molar refractivity (Wildman–Crippen MR) is 142 cm³/mol. The van der Waals surface area contributed by atoms with Gasteiger partial charge in [-0.05, 0) is 75.9 Å². The van der Waals surface area contributed by atoms with Crippen molar-refractivity contribution in [1.82, 2.24) is 15.0 Å². The van der Waals surface area contributed by atoms with E-state index in [-0.39, 0.29) is 5.92 Å². The highest BCUT2D eigenvalue weighted by molar-refractivity contribution is 5.88. The van der Waals surface area contributed by atoms with Crippen molar-refractivity contribution in [3.8, 4) is 23.3 Å². The van der Waals surface area contributed by atoms with Gasteiger partial charge in [0.2, 0.25) is 0 Å². The van der Waals surface area contributed by atoms with Gasteiger partial charge in [-0.15, -0.1) is 5.06 Å². The molecular formula is C29H30N4O5. The van der Waals surface area contributed by atoms with E-state index in [0.29, 0.717) is 48.0 Å². The number of nitrogens with zero attached hydrogens (tertiary/aromatic N) is 3. The smallest absolute Gasteiger partial charge is 0.492 e. The first kappa shape index (κ1) is 25.4. The van der Waals surface area contributed by atoms with E-state index in [0.717, 1.165) is 29.1 Å². The van der Waals surface area contributed by atoms with E-state index >= 15 is 0 Å². The van der Waals surface area contributed by atoms with Gasteiger partial charge in [0, 0.05) is 47.8 Å². The number of aromatic nitrogens is 2. The maximum atomic E-state index is 11.9. The lowest BCUT2D eigenvalue weighted by molar-refractivity contribution is -0.156. The standard InChI is InChI=1S/C29H30N4O5/c1-29(2,3)37-28(34)38-33-12-8-19(9-13-33)18-35-27-16-25-23(15-21(27)17-30)26(7-11-32-25)36-22-4-5-24-20(14-22)6-10-31-24/h4-7,10-11,14-16,19,31H,8-9,12-13,18H2,1-3H3. The number of ether oxygens (including phenoxy) is 3. The molecule has 1 fully saturated rings. The van der Waals surface area contributed by atoms with Crippen LogP contribution in [0.3, 0.4) is 0 Å². The van der Waals surface area contributed by atoms with Gasteiger partial charge in [-0.25, -0.2) is 4.79 Å². The van der Waals surface area contributed by atoms with Gasteiger partial charge in [0.1, 0.15) is 28.9 Å². The summed E-state index contributed by atoms with van der Waals surface area (Å²) in [5.41, 5.74) is 1.54. The zero-order chi connectivity index (χ0) is 26.7. The fourth-order valence-electron chi connectivity index (χ4n) is 4.41. The molecule has 0 unspecified atom stereocenters. The number of benzene rings is 2. The largest absolute Gasteiger partial charge is 0.528 e. The van der Waals surface area contributed by atoms with Crippen molar-refractivity contribution in [1.29, 1.82) is 5.26 Å². The van der Waals surface area contributed by atoms with Crippen LogP contribution in [0.1, 0.15) is 39.2 Å². The Morgan fingerprint density at radius 3 is 2.71 bits per heavy atom. The number of piperidine rings is 1. The maximum Gasteiger partial charge on any atom is 0.528 e. The minimum absolute atomic E-state index is 0.265. The van der Waals surface area contributed by atoms with E-state index < -0.39 is 11.8 Å². The number of pyridine rings is 1. The quantitative estimate of drug-likeness (QED) is 0.297. The first-order chi connectivity index (χ1) is 18.3. The molecule has 0 spiro atoms. The Morgan fingerprint density at radius 1 is 1.13 bits per heavy atom. The number of nitriles is 1. The summed E-state index contributed by atoms with van der Waals surface area (Å²) in [4.78, 5) is 24.9. The highest BCUT2D eigenvalue weighted by atomic mass is 16.8. The Hall–Kier alpha value is -4.29. The Kier molecular flexibility index (Phi) is 7.07. The third-order valence-electron chi connectivity index (χ3n) is 6.32. The molecule has 1 aliphatic heterocycles. The molecule has 0 aliphatic carbocycles. The normalized spacial score (nSPS) is 14.8. The monoisotopic (exact) mass is 514 g/mol. The van der Waals surface area contributed by atoms with Gasteiger partial charge >= 0.3 is 6.16 Å². The molecule has 0 atom stereocenters. The topological polar surface area (TPSA) is 110 Å².